The van der Waals surface area contributed by atoms with E-state index >= 15 is 0 Å². The van der Waals surface area contributed by atoms with Crippen molar-refractivity contribution < 1.29 is 28.6 Å². The first-order valence-corrected chi connectivity index (χ1v) is 7.20. The van der Waals surface area contributed by atoms with Gasteiger partial charge in [0.05, 0.1) is 12.2 Å². The molecule has 6 heteroatoms. The molecule has 0 radical (unpaired) electrons. The van der Waals surface area contributed by atoms with Crippen molar-refractivity contribution in [1.29, 1.82) is 0 Å². The monoisotopic (exact) mass is 296 g/mol. The fourth-order valence-electron chi connectivity index (χ4n) is 2.42. The lowest BCUT2D eigenvalue weighted by Gasteiger charge is -2.14. The summed E-state index contributed by atoms with van der Waals surface area (Å²) in [6.45, 7) is 1.27. The van der Waals surface area contributed by atoms with E-state index in [1.165, 1.54) is 13.0 Å². The van der Waals surface area contributed by atoms with E-state index < -0.39 is 11.9 Å². The molecular weight excluding hydrogens is 276 g/mol. The number of esters is 2. The zero-order chi connectivity index (χ0) is 15.2. The molecule has 2 aliphatic rings. The second-order valence-electron chi connectivity index (χ2n) is 5.41. The van der Waals surface area contributed by atoms with Gasteiger partial charge in [-0.15, -0.1) is 0 Å². The van der Waals surface area contributed by atoms with Gasteiger partial charge in [0.2, 0.25) is 0 Å². The van der Waals surface area contributed by atoms with Gasteiger partial charge >= 0.3 is 11.9 Å². The van der Waals surface area contributed by atoms with Crippen LogP contribution in [-0.4, -0.2) is 43.1 Å². The summed E-state index contributed by atoms with van der Waals surface area (Å²) in [6.07, 6.45) is 6.93. The van der Waals surface area contributed by atoms with E-state index in [9.17, 15) is 14.4 Å². The fraction of sp³-hybridized carbons (Fsp3) is 0.667. The van der Waals surface area contributed by atoms with Crippen molar-refractivity contribution in [1.82, 2.24) is 0 Å². The topological polar surface area (TPSA) is 82.2 Å². The van der Waals surface area contributed by atoms with Gasteiger partial charge < -0.3 is 14.2 Å². The van der Waals surface area contributed by atoms with E-state index in [1.807, 2.05) is 6.08 Å². The molecule has 1 aliphatic carbocycles. The summed E-state index contributed by atoms with van der Waals surface area (Å²) in [5, 5.41) is 0. The SMILES string of the molecule is CC(=O)CC(=O)OCCOC(=O)C=CC1CCC2OC2C1. The number of ether oxygens (including phenoxy) is 3. The summed E-state index contributed by atoms with van der Waals surface area (Å²) in [6, 6.07) is 0. The lowest BCUT2D eigenvalue weighted by molar-refractivity contribution is -0.151. The molecule has 0 spiro atoms. The van der Waals surface area contributed by atoms with Crippen LogP contribution >= 0.6 is 0 Å². The predicted octanol–water partition coefficient (Wildman–Crippen LogP) is 1.18. The maximum absolute atomic E-state index is 11.5. The second kappa shape index (κ2) is 7.36. The molecule has 116 valence electrons. The highest BCUT2D eigenvalue weighted by atomic mass is 16.6. The van der Waals surface area contributed by atoms with E-state index in [-0.39, 0.29) is 25.4 Å². The van der Waals surface area contributed by atoms with E-state index in [0.717, 1.165) is 19.3 Å². The number of allylic oxidation sites excluding steroid dienone is 1. The number of hydrogen-bond donors (Lipinski definition) is 0. The smallest absolute Gasteiger partial charge is 0.330 e. The van der Waals surface area contributed by atoms with Crippen molar-refractivity contribution in [3.8, 4) is 0 Å². The molecule has 1 heterocycles. The zero-order valence-corrected chi connectivity index (χ0v) is 12.1. The molecule has 1 aliphatic heterocycles. The standard InChI is InChI=1S/C15H20O6/c1-10(16)8-15(18)20-7-6-19-14(17)5-3-11-2-4-12-13(9-11)21-12/h3,5,11-13H,2,4,6-9H2,1H3. The molecule has 3 atom stereocenters. The van der Waals surface area contributed by atoms with Crippen LogP contribution < -0.4 is 0 Å². The summed E-state index contributed by atoms with van der Waals surface area (Å²) in [5.41, 5.74) is 0. The molecule has 0 N–H and O–H groups in total. The third-order valence-corrected chi connectivity index (χ3v) is 3.53. The summed E-state index contributed by atoms with van der Waals surface area (Å²) in [4.78, 5) is 33.2. The molecule has 0 aromatic carbocycles. The predicted molar refractivity (Wildman–Crippen MR) is 72.4 cm³/mol. The average Bonchev–Trinajstić information content (AvgIpc) is 3.19. The van der Waals surface area contributed by atoms with Crippen LogP contribution in [0.25, 0.3) is 0 Å². The third-order valence-electron chi connectivity index (χ3n) is 3.53. The van der Waals surface area contributed by atoms with Crippen LogP contribution in [0, 0.1) is 5.92 Å². The maximum atomic E-state index is 11.5. The van der Waals surface area contributed by atoms with Crippen molar-refractivity contribution in [2.24, 2.45) is 5.92 Å². The third kappa shape index (κ3) is 5.67. The van der Waals surface area contributed by atoms with Crippen LogP contribution in [0.15, 0.2) is 12.2 Å². The first-order chi connectivity index (χ1) is 10.0. The van der Waals surface area contributed by atoms with Gasteiger partial charge in [0, 0.05) is 6.08 Å². The Balaban J connectivity index is 1.54. The van der Waals surface area contributed by atoms with Gasteiger partial charge in [0.25, 0.3) is 0 Å². The number of epoxide rings is 1. The maximum Gasteiger partial charge on any atom is 0.330 e. The Hall–Kier alpha value is -1.69. The van der Waals surface area contributed by atoms with Crippen LogP contribution in [0.2, 0.25) is 0 Å². The van der Waals surface area contributed by atoms with Crippen molar-refractivity contribution in [2.45, 2.75) is 44.8 Å². The van der Waals surface area contributed by atoms with Gasteiger partial charge in [-0.25, -0.2) is 4.79 Å². The largest absolute Gasteiger partial charge is 0.462 e. The fourth-order valence-corrected chi connectivity index (χ4v) is 2.42. The Kier molecular flexibility index (Phi) is 5.50. The molecular formula is C15H20O6. The van der Waals surface area contributed by atoms with Crippen LogP contribution in [0.4, 0.5) is 0 Å². The molecule has 0 amide bonds. The Morgan fingerprint density at radius 2 is 1.90 bits per heavy atom. The van der Waals surface area contributed by atoms with Crippen molar-refractivity contribution >= 4 is 17.7 Å². The molecule has 1 saturated heterocycles. The molecule has 0 aromatic heterocycles. The number of fused-ring (bicyclic) bond motifs is 1. The highest BCUT2D eigenvalue weighted by Gasteiger charge is 2.43. The van der Waals surface area contributed by atoms with E-state index in [4.69, 9.17) is 14.2 Å². The van der Waals surface area contributed by atoms with Gasteiger partial charge in [0.15, 0.2) is 0 Å². The van der Waals surface area contributed by atoms with Gasteiger partial charge in [0.1, 0.15) is 25.4 Å². The first-order valence-electron chi connectivity index (χ1n) is 7.20. The number of Topliss-reactive ketones (excluding diaryl/α,β-unsaturated/α-hetero) is 1. The normalized spacial score (nSPS) is 27.0. The molecule has 2 fully saturated rings. The van der Waals surface area contributed by atoms with Crippen LogP contribution in [0.5, 0.6) is 0 Å². The van der Waals surface area contributed by atoms with Crippen molar-refractivity contribution in [2.75, 3.05) is 13.2 Å². The minimum atomic E-state index is -0.602. The Morgan fingerprint density at radius 3 is 2.62 bits per heavy atom. The molecule has 3 unspecified atom stereocenters. The average molecular weight is 296 g/mol. The van der Waals surface area contributed by atoms with E-state index in [0.29, 0.717) is 18.1 Å². The van der Waals surface area contributed by atoms with Crippen LogP contribution in [0.1, 0.15) is 32.6 Å². The minimum absolute atomic E-state index is 0.00864. The lowest BCUT2D eigenvalue weighted by atomic mass is 9.89. The Labute approximate surface area is 123 Å². The molecule has 2 rings (SSSR count). The highest BCUT2D eigenvalue weighted by Crippen LogP contribution is 2.39. The first kappa shape index (κ1) is 15.7. The van der Waals surface area contributed by atoms with Crippen LogP contribution in [0.3, 0.4) is 0 Å². The van der Waals surface area contributed by atoms with Crippen molar-refractivity contribution in [3.63, 3.8) is 0 Å². The summed E-state index contributed by atoms with van der Waals surface area (Å²) in [5.74, 6) is -0.935. The van der Waals surface area contributed by atoms with Crippen molar-refractivity contribution in [3.05, 3.63) is 12.2 Å². The minimum Gasteiger partial charge on any atom is -0.462 e. The molecule has 6 nitrogen and oxygen atoms in total. The van der Waals surface area contributed by atoms with Gasteiger partial charge in [-0.2, -0.15) is 0 Å². The number of hydrogen-bond acceptors (Lipinski definition) is 6. The summed E-state index contributed by atoms with van der Waals surface area (Å²) < 4.78 is 15.1. The van der Waals surface area contributed by atoms with Gasteiger partial charge in [-0.1, -0.05) is 6.08 Å². The van der Waals surface area contributed by atoms with Gasteiger partial charge in [-0.05, 0) is 32.1 Å². The quantitative estimate of drug-likeness (QED) is 0.231. The highest BCUT2D eigenvalue weighted by molar-refractivity contribution is 5.94. The number of rotatable bonds is 7. The second-order valence-corrected chi connectivity index (χ2v) is 5.41. The van der Waals surface area contributed by atoms with E-state index in [1.54, 1.807) is 0 Å². The molecule has 1 saturated carbocycles. The zero-order valence-electron chi connectivity index (χ0n) is 12.1. The van der Waals surface area contributed by atoms with E-state index in [2.05, 4.69) is 0 Å². The van der Waals surface area contributed by atoms with Gasteiger partial charge in [-0.3, -0.25) is 9.59 Å². The summed E-state index contributed by atoms with van der Waals surface area (Å²) >= 11 is 0. The lowest BCUT2D eigenvalue weighted by Crippen LogP contribution is -2.15. The Morgan fingerprint density at radius 1 is 1.14 bits per heavy atom. The number of ketones is 1. The van der Waals surface area contributed by atoms with Crippen LogP contribution in [-0.2, 0) is 28.6 Å². The molecule has 21 heavy (non-hydrogen) atoms. The Bertz CT molecular complexity index is 441. The summed E-state index contributed by atoms with van der Waals surface area (Å²) in [7, 11) is 0. The molecule has 0 aromatic rings. The number of carbonyl (C=O) groups is 3. The molecule has 0 bridgehead atoms. The number of carbonyl (C=O) groups excluding carboxylic acids is 3.